The van der Waals surface area contributed by atoms with Crippen molar-refractivity contribution in [2.75, 3.05) is 0 Å². The fourth-order valence-electron chi connectivity index (χ4n) is 1.10. The number of amides is 1. The van der Waals surface area contributed by atoms with Crippen molar-refractivity contribution in [3.63, 3.8) is 0 Å². The molecule has 0 aromatic heterocycles. The van der Waals surface area contributed by atoms with E-state index in [-0.39, 0.29) is 11.6 Å². The molecule has 1 N–H and O–H groups in total. The average Bonchev–Trinajstić information content (AvgIpc) is 2.24. The predicted octanol–water partition coefficient (Wildman–Crippen LogP) is 2.63. The Labute approximate surface area is 91.5 Å². The second kappa shape index (κ2) is 5.01. The minimum atomic E-state index is -1.57. The maximum absolute atomic E-state index is 12.8. The van der Waals surface area contributed by atoms with E-state index in [0.717, 1.165) is 0 Å². The molecule has 1 aromatic rings. The Morgan fingerprint density at radius 2 is 1.81 bits per heavy atom. The highest BCUT2D eigenvalue weighted by atomic mass is 19.2. The molecule has 1 unspecified atom stereocenters. The van der Waals surface area contributed by atoms with Gasteiger partial charge in [-0.05, 0) is 25.5 Å². The summed E-state index contributed by atoms with van der Waals surface area (Å²) in [5.74, 6) is -4.92. The lowest BCUT2D eigenvalue weighted by atomic mass is 10.1. The van der Waals surface area contributed by atoms with Gasteiger partial charge >= 0.3 is 0 Å². The van der Waals surface area contributed by atoms with E-state index in [0.29, 0.717) is 18.6 Å². The SMILES string of the molecule is CCC(C)NC(=O)c1cc(F)c(F)c(F)c1. The highest BCUT2D eigenvalue weighted by Crippen LogP contribution is 2.13. The topological polar surface area (TPSA) is 29.1 Å². The third-order valence-electron chi connectivity index (χ3n) is 2.24. The van der Waals surface area contributed by atoms with Crippen LogP contribution in [-0.2, 0) is 0 Å². The van der Waals surface area contributed by atoms with Crippen molar-refractivity contribution in [2.45, 2.75) is 26.3 Å². The summed E-state index contributed by atoms with van der Waals surface area (Å²) in [5.41, 5.74) is -0.225. The number of rotatable bonds is 3. The lowest BCUT2D eigenvalue weighted by Gasteiger charge is -2.11. The molecule has 0 spiro atoms. The average molecular weight is 231 g/mol. The Kier molecular flexibility index (Phi) is 3.93. The molecule has 0 heterocycles. The second-order valence-corrected chi connectivity index (χ2v) is 3.54. The zero-order valence-corrected chi connectivity index (χ0v) is 8.98. The lowest BCUT2D eigenvalue weighted by Crippen LogP contribution is -2.32. The highest BCUT2D eigenvalue weighted by molar-refractivity contribution is 5.94. The van der Waals surface area contributed by atoms with Crippen LogP contribution < -0.4 is 5.32 Å². The van der Waals surface area contributed by atoms with E-state index in [4.69, 9.17) is 0 Å². The number of benzene rings is 1. The first kappa shape index (κ1) is 12.5. The summed E-state index contributed by atoms with van der Waals surface area (Å²) >= 11 is 0. The van der Waals surface area contributed by atoms with Crippen molar-refractivity contribution in [3.8, 4) is 0 Å². The van der Waals surface area contributed by atoms with E-state index in [2.05, 4.69) is 5.32 Å². The van der Waals surface area contributed by atoms with Crippen LogP contribution in [0.4, 0.5) is 13.2 Å². The van der Waals surface area contributed by atoms with Crippen LogP contribution in [0.5, 0.6) is 0 Å². The van der Waals surface area contributed by atoms with Crippen molar-refractivity contribution >= 4 is 5.91 Å². The van der Waals surface area contributed by atoms with E-state index >= 15 is 0 Å². The zero-order chi connectivity index (χ0) is 12.3. The van der Waals surface area contributed by atoms with Crippen LogP contribution in [0.1, 0.15) is 30.6 Å². The van der Waals surface area contributed by atoms with Gasteiger partial charge in [-0.3, -0.25) is 4.79 Å². The van der Waals surface area contributed by atoms with Crippen LogP contribution in [0.2, 0.25) is 0 Å². The van der Waals surface area contributed by atoms with Crippen molar-refractivity contribution < 1.29 is 18.0 Å². The molecule has 0 saturated heterocycles. The number of nitrogens with one attached hydrogen (secondary N) is 1. The molecule has 0 aliphatic heterocycles. The zero-order valence-electron chi connectivity index (χ0n) is 8.98. The van der Waals surface area contributed by atoms with Gasteiger partial charge in [0.05, 0.1) is 0 Å². The summed E-state index contributed by atoms with van der Waals surface area (Å²) < 4.78 is 38.3. The summed E-state index contributed by atoms with van der Waals surface area (Å²) in [4.78, 5) is 11.5. The fraction of sp³-hybridized carbons (Fsp3) is 0.364. The molecule has 1 atom stereocenters. The normalized spacial score (nSPS) is 12.3. The van der Waals surface area contributed by atoms with E-state index in [9.17, 15) is 18.0 Å². The van der Waals surface area contributed by atoms with E-state index < -0.39 is 23.4 Å². The molecule has 0 saturated carbocycles. The Bertz CT molecular complexity index is 383. The molecular weight excluding hydrogens is 219 g/mol. The standard InChI is InChI=1S/C11H12F3NO/c1-3-6(2)15-11(16)7-4-8(12)10(14)9(13)5-7/h4-6H,3H2,1-2H3,(H,15,16). The predicted molar refractivity (Wildman–Crippen MR) is 53.5 cm³/mol. The quantitative estimate of drug-likeness (QED) is 0.796. The molecule has 1 amide bonds. The third-order valence-corrected chi connectivity index (χ3v) is 2.24. The van der Waals surface area contributed by atoms with Gasteiger partial charge in [0.1, 0.15) is 0 Å². The molecule has 16 heavy (non-hydrogen) atoms. The summed E-state index contributed by atoms with van der Waals surface area (Å²) in [6.07, 6.45) is 0.692. The Balaban J connectivity index is 2.93. The molecule has 2 nitrogen and oxygen atoms in total. The molecule has 1 rings (SSSR count). The van der Waals surface area contributed by atoms with Crippen LogP contribution in [0.3, 0.4) is 0 Å². The molecule has 0 aliphatic rings. The second-order valence-electron chi connectivity index (χ2n) is 3.54. The maximum atomic E-state index is 12.8. The monoisotopic (exact) mass is 231 g/mol. The summed E-state index contributed by atoms with van der Waals surface area (Å²) in [6.45, 7) is 3.62. The van der Waals surface area contributed by atoms with Gasteiger partial charge in [-0.2, -0.15) is 0 Å². The maximum Gasteiger partial charge on any atom is 0.251 e. The summed E-state index contributed by atoms with van der Waals surface area (Å²) in [6, 6.07) is 1.25. The van der Waals surface area contributed by atoms with Crippen LogP contribution >= 0.6 is 0 Å². The molecular formula is C11H12F3NO. The number of halogens is 3. The molecule has 0 fully saturated rings. The minimum Gasteiger partial charge on any atom is -0.350 e. The van der Waals surface area contributed by atoms with Crippen molar-refractivity contribution in [1.29, 1.82) is 0 Å². The van der Waals surface area contributed by atoms with E-state index in [1.165, 1.54) is 0 Å². The fourth-order valence-corrected chi connectivity index (χ4v) is 1.10. The molecule has 5 heteroatoms. The van der Waals surface area contributed by atoms with Crippen molar-refractivity contribution in [2.24, 2.45) is 0 Å². The van der Waals surface area contributed by atoms with E-state index in [1.807, 2.05) is 6.92 Å². The van der Waals surface area contributed by atoms with Gasteiger partial charge < -0.3 is 5.32 Å². The van der Waals surface area contributed by atoms with Crippen LogP contribution in [-0.4, -0.2) is 11.9 Å². The van der Waals surface area contributed by atoms with Crippen molar-refractivity contribution in [3.05, 3.63) is 35.1 Å². The first-order valence-corrected chi connectivity index (χ1v) is 4.91. The van der Waals surface area contributed by atoms with Crippen molar-refractivity contribution in [1.82, 2.24) is 5.32 Å². The van der Waals surface area contributed by atoms with Gasteiger partial charge in [-0.15, -0.1) is 0 Å². The van der Waals surface area contributed by atoms with E-state index in [1.54, 1.807) is 6.92 Å². The molecule has 0 radical (unpaired) electrons. The first-order chi connectivity index (χ1) is 7.45. The van der Waals surface area contributed by atoms with Gasteiger partial charge in [-0.25, -0.2) is 13.2 Å². The number of hydrogen-bond acceptors (Lipinski definition) is 1. The van der Waals surface area contributed by atoms with Crippen LogP contribution in [0.25, 0.3) is 0 Å². The minimum absolute atomic E-state index is 0.108. The third kappa shape index (κ3) is 2.74. The van der Waals surface area contributed by atoms with Crippen LogP contribution in [0, 0.1) is 17.5 Å². The summed E-state index contributed by atoms with van der Waals surface area (Å²) in [7, 11) is 0. The largest absolute Gasteiger partial charge is 0.350 e. The number of carbonyl (C=O) groups excluding carboxylic acids is 1. The van der Waals surface area contributed by atoms with Gasteiger partial charge in [0.15, 0.2) is 17.5 Å². The first-order valence-electron chi connectivity index (χ1n) is 4.91. The van der Waals surface area contributed by atoms with Gasteiger partial charge in [0.2, 0.25) is 0 Å². The van der Waals surface area contributed by atoms with Gasteiger partial charge in [-0.1, -0.05) is 6.92 Å². The Hall–Kier alpha value is -1.52. The van der Waals surface area contributed by atoms with Crippen LogP contribution in [0.15, 0.2) is 12.1 Å². The van der Waals surface area contributed by atoms with Gasteiger partial charge in [0.25, 0.3) is 5.91 Å². The molecule has 1 aromatic carbocycles. The Morgan fingerprint density at radius 3 is 2.25 bits per heavy atom. The molecule has 0 aliphatic carbocycles. The molecule has 0 bridgehead atoms. The summed E-state index contributed by atoms with van der Waals surface area (Å²) in [5, 5.41) is 2.53. The lowest BCUT2D eigenvalue weighted by molar-refractivity contribution is 0.0938. The smallest absolute Gasteiger partial charge is 0.251 e. The number of carbonyl (C=O) groups is 1. The number of hydrogen-bond donors (Lipinski definition) is 1. The molecule has 88 valence electrons. The Morgan fingerprint density at radius 1 is 1.31 bits per heavy atom. The van der Waals surface area contributed by atoms with Gasteiger partial charge in [0, 0.05) is 11.6 Å². The highest BCUT2D eigenvalue weighted by Gasteiger charge is 2.15.